The van der Waals surface area contributed by atoms with Gasteiger partial charge in [-0.25, -0.2) is 13.6 Å². The monoisotopic (exact) mass is 458 g/mol. The number of rotatable bonds is 10. The number of hydrogen-bond donors (Lipinski definition) is 2. The molecular formula is C20H24Cl2N2O4S. The lowest BCUT2D eigenvalue weighted by atomic mass is 10.2. The van der Waals surface area contributed by atoms with Gasteiger partial charge in [0.2, 0.25) is 10.0 Å². The molecule has 0 radical (unpaired) electrons. The largest absolute Gasteiger partial charge is 0.490 e. The summed E-state index contributed by atoms with van der Waals surface area (Å²) in [6.45, 7) is 2.85. The molecule has 0 aromatic heterocycles. The van der Waals surface area contributed by atoms with Crippen molar-refractivity contribution in [3.05, 3.63) is 57.6 Å². The Morgan fingerprint density at radius 2 is 1.69 bits per heavy atom. The highest BCUT2D eigenvalue weighted by Gasteiger charge is 2.14. The quantitative estimate of drug-likeness (QED) is 0.510. The molecule has 0 saturated carbocycles. The number of carbonyl (C=O) groups excluding carboxylic acids is 1. The van der Waals surface area contributed by atoms with Crippen LogP contribution < -0.4 is 15.2 Å². The number of benzene rings is 2. The molecule has 158 valence electrons. The first-order chi connectivity index (χ1) is 13.7. The van der Waals surface area contributed by atoms with E-state index in [1.54, 1.807) is 12.1 Å². The van der Waals surface area contributed by atoms with Gasteiger partial charge in [0.05, 0.1) is 21.5 Å². The molecule has 2 aromatic carbocycles. The predicted octanol–water partition coefficient (Wildman–Crippen LogP) is 4.53. The van der Waals surface area contributed by atoms with Gasteiger partial charge in [-0.1, -0.05) is 61.5 Å². The normalized spacial score (nSPS) is 11.3. The Morgan fingerprint density at radius 1 is 1.07 bits per heavy atom. The van der Waals surface area contributed by atoms with Gasteiger partial charge < -0.3 is 10.1 Å². The standard InChI is InChI=1S/C20H24Cl2N2O4S/c1-2-3-4-5-10-28-19-17(21)11-15(12-18(19)22)20(25)24-13-14-6-8-16(9-7-14)29(23,26)27/h6-9,11-12H,2-5,10,13H2,1H3,(H,24,25)(H2,23,26,27). The van der Waals surface area contributed by atoms with Gasteiger partial charge in [0.1, 0.15) is 0 Å². The number of amides is 1. The van der Waals surface area contributed by atoms with E-state index < -0.39 is 10.0 Å². The zero-order valence-corrected chi connectivity index (χ0v) is 18.4. The number of sulfonamides is 1. The number of nitrogens with one attached hydrogen (secondary N) is 1. The first-order valence-electron chi connectivity index (χ1n) is 9.24. The zero-order chi connectivity index (χ0) is 21.4. The molecule has 9 heteroatoms. The van der Waals surface area contributed by atoms with Crippen molar-refractivity contribution < 1.29 is 17.9 Å². The number of halogens is 2. The summed E-state index contributed by atoms with van der Waals surface area (Å²) in [6.07, 6.45) is 4.27. The number of carbonyl (C=O) groups is 1. The third-order valence-electron chi connectivity index (χ3n) is 4.21. The minimum absolute atomic E-state index is 0.0106. The molecule has 0 aliphatic heterocycles. The molecule has 0 unspecified atom stereocenters. The minimum Gasteiger partial charge on any atom is -0.490 e. The first kappa shape index (κ1) is 23.5. The van der Waals surface area contributed by atoms with Crippen LogP contribution in [0, 0.1) is 0 Å². The Bertz CT molecular complexity index is 924. The summed E-state index contributed by atoms with van der Waals surface area (Å²) >= 11 is 12.5. The summed E-state index contributed by atoms with van der Waals surface area (Å²) in [6, 6.07) is 8.95. The molecule has 3 N–H and O–H groups in total. The average Bonchev–Trinajstić information content (AvgIpc) is 2.67. The Morgan fingerprint density at radius 3 is 2.24 bits per heavy atom. The molecule has 0 bridgehead atoms. The highest BCUT2D eigenvalue weighted by atomic mass is 35.5. The molecule has 2 aromatic rings. The second kappa shape index (κ2) is 10.8. The number of unbranched alkanes of at least 4 members (excludes halogenated alkanes) is 3. The smallest absolute Gasteiger partial charge is 0.251 e. The van der Waals surface area contributed by atoms with Crippen molar-refractivity contribution in [2.75, 3.05) is 6.61 Å². The summed E-state index contributed by atoms with van der Waals surface area (Å²) in [5, 5.41) is 8.35. The minimum atomic E-state index is -3.75. The van der Waals surface area contributed by atoms with Gasteiger partial charge in [0.25, 0.3) is 5.91 Å². The fourth-order valence-corrected chi connectivity index (χ4v) is 3.72. The number of ether oxygens (including phenoxy) is 1. The molecule has 0 aliphatic carbocycles. The third-order valence-corrected chi connectivity index (χ3v) is 5.70. The molecule has 0 saturated heterocycles. The summed E-state index contributed by atoms with van der Waals surface area (Å²) < 4.78 is 28.2. The summed E-state index contributed by atoms with van der Waals surface area (Å²) in [5.74, 6) is 0.0128. The molecule has 0 spiro atoms. The van der Waals surface area contributed by atoms with Crippen LogP contribution in [-0.2, 0) is 16.6 Å². The fraction of sp³-hybridized carbons (Fsp3) is 0.350. The van der Waals surface area contributed by atoms with Gasteiger partial charge in [-0.05, 0) is 36.2 Å². The lowest BCUT2D eigenvalue weighted by Gasteiger charge is -2.12. The second-order valence-electron chi connectivity index (χ2n) is 6.55. The van der Waals surface area contributed by atoms with Gasteiger partial charge in [0.15, 0.2) is 5.75 Å². The molecule has 1 amide bonds. The van der Waals surface area contributed by atoms with Crippen molar-refractivity contribution >= 4 is 39.1 Å². The number of hydrogen-bond acceptors (Lipinski definition) is 4. The van der Waals surface area contributed by atoms with Gasteiger partial charge in [-0.3, -0.25) is 4.79 Å². The van der Waals surface area contributed by atoms with Crippen LogP contribution in [0.4, 0.5) is 0 Å². The molecular weight excluding hydrogens is 435 g/mol. The van der Waals surface area contributed by atoms with E-state index in [2.05, 4.69) is 12.2 Å². The lowest BCUT2D eigenvalue weighted by Crippen LogP contribution is -2.23. The van der Waals surface area contributed by atoms with Crippen LogP contribution in [0.25, 0.3) is 0 Å². The topological polar surface area (TPSA) is 98.5 Å². The van der Waals surface area contributed by atoms with Gasteiger partial charge in [-0.15, -0.1) is 0 Å². The second-order valence-corrected chi connectivity index (χ2v) is 8.93. The van der Waals surface area contributed by atoms with E-state index in [-0.39, 0.29) is 27.4 Å². The van der Waals surface area contributed by atoms with Crippen molar-refractivity contribution in [2.45, 2.75) is 44.0 Å². The summed E-state index contributed by atoms with van der Waals surface area (Å²) in [5.41, 5.74) is 1.02. The molecule has 2 rings (SSSR count). The molecule has 0 atom stereocenters. The zero-order valence-electron chi connectivity index (χ0n) is 16.1. The predicted molar refractivity (Wildman–Crippen MR) is 115 cm³/mol. The van der Waals surface area contributed by atoms with E-state index >= 15 is 0 Å². The van der Waals surface area contributed by atoms with E-state index in [0.29, 0.717) is 17.9 Å². The van der Waals surface area contributed by atoms with E-state index in [1.807, 2.05) is 0 Å². The van der Waals surface area contributed by atoms with E-state index in [4.69, 9.17) is 33.1 Å². The van der Waals surface area contributed by atoms with Gasteiger partial charge in [-0.2, -0.15) is 0 Å². The number of primary sulfonamides is 1. The molecule has 0 fully saturated rings. The van der Waals surface area contributed by atoms with Crippen LogP contribution in [0.1, 0.15) is 48.5 Å². The van der Waals surface area contributed by atoms with Crippen LogP contribution in [0.2, 0.25) is 10.0 Å². The van der Waals surface area contributed by atoms with E-state index in [1.165, 1.54) is 24.3 Å². The van der Waals surface area contributed by atoms with E-state index in [9.17, 15) is 13.2 Å². The maximum atomic E-state index is 12.4. The van der Waals surface area contributed by atoms with Gasteiger partial charge >= 0.3 is 0 Å². The first-order valence-corrected chi connectivity index (χ1v) is 11.5. The molecule has 0 heterocycles. The van der Waals surface area contributed by atoms with Crippen LogP contribution >= 0.6 is 23.2 Å². The molecule has 0 aliphatic rings. The highest BCUT2D eigenvalue weighted by Crippen LogP contribution is 2.34. The van der Waals surface area contributed by atoms with E-state index in [0.717, 1.165) is 31.2 Å². The Kier molecular flexibility index (Phi) is 8.77. The lowest BCUT2D eigenvalue weighted by molar-refractivity contribution is 0.0951. The summed E-state index contributed by atoms with van der Waals surface area (Å²) in [4.78, 5) is 12.4. The maximum absolute atomic E-state index is 12.4. The Hall–Kier alpha value is -1.80. The van der Waals surface area contributed by atoms with Crippen molar-refractivity contribution in [3.8, 4) is 5.75 Å². The van der Waals surface area contributed by atoms with Crippen LogP contribution in [-0.4, -0.2) is 20.9 Å². The molecule has 6 nitrogen and oxygen atoms in total. The van der Waals surface area contributed by atoms with Crippen molar-refractivity contribution in [1.29, 1.82) is 0 Å². The van der Waals surface area contributed by atoms with Crippen LogP contribution in [0.15, 0.2) is 41.3 Å². The number of nitrogens with two attached hydrogens (primary N) is 1. The van der Waals surface area contributed by atoms with Crippen molar-refractivity contribution in [1.82, 2.24) is 5.32 Å². The molecule has 29 heavy (non-hydrogen) atoms. The summed E-state index contributed by atoms with van der Waals surface area (Å²) in [7, 11) is -3.75. The third kappa shape index (κ3) is 7.19. The SMILES string of the molecule is CCCCCCOc1c(Cl)cc(C(=O)NCc2ccc(S(N)(=O)=O)cc2)cc1Cl. The Balaban J connectivity index is 1.96. The van der Waals surface area contributed by atoms with Gasteiger partial charge in [0, 0.05) is 12.1 Å². The van der Waals surface area contributed by atoms with Crippen molar-refractivity contribution in [2.24, 2.45) is 5.14 Å². The Labute approximate surface area is 181 Å². The van der Waals surface area contributed by atoms with Crippen molar-refractivity contribution in [3.63, 3.8) is 0 Å². The average molecular weight is 459 g/mol. The maximum Gasteiger partial charge on any atom is 0.251 e. The highest BCUT2D eigenvalue weighted by molar-refractivity contribution is 7.89. The van der Waals surface area contributed by atoms with Crippen LogP contribution in [0.3, 0.4) is 0 Å². The fourth-order valence-electron chi connectivity index (χ4n) is 2.61. The van der Waals surface area contributed by atoms with Crippen LogP contribution in [0.5, 0.6) is 5.75 Å².